The quantitative estimate of drug-likeness (QED) is 0.430. The molecule has 0 saturated heterocycles. The third-order valence-corrected chi connectivity index (χ3v) is 4.12. The van der Waals surface area contributed by atoms with Gasteiger partial charge < -0.3 is 15.7 Å². The lowest BCUT2D eigenvalue weighted by molar-refractivity contribution is 0.120. The minimum Gasteiger partial charge on any atom is -0.393 e. The van der Waals surface area contributed by atoms with Crippen molar-refractivity contribution in [3.05, 3.63) is 35.9 Å². The van der Waals surface area contributed by atoms with Gasteiger partial charge in [-0.2, -0.15) is 0 Å². The zero-order chi connectivity index (χ0) is 15.6. The number of nitrogens with one attached hydrogen (secondary N) is 2. The molecule has 1 aromatic carbocycles. The van der Waals surface area contributed by atoms with Crippen molar-refractivity contribution in [3.8, 4) is 0 Å². The highest BCUT2D eigenvalue weighted by Gasteiger charge is 2.19. The van der Waals surface area contributed by atoms with Gasteiger partial charge in [-0.25, -0.2) is 0 Å². The number of aliphatic imine (C=N–C) groups is 1. The van der Waals surface area contributed by atoms with E-state index in [-0.39, 0.29) is 6.10 Å². The number of guanidine groups is 1. The van der Waals surface area contributed by atoms with Crippen molar-refractivity contribution < 1.29 is 5.11 Å². The molecular formula is C18H29N3O. The molecule has 0 amide bonds. The van der Waals surface area contributed by atoms with Gasteiger partial charge in [-0.05, 0) is 51.0 Å². The third kappa shape index (κ3) is 6.06. The second-order valence-corrected chi connectivity index (χ2v) is 6.00. The molecule has 122 valence electrons. The molecule has 4 nitrogen and oxygen atoms in total. The lowest BCUT2D eigenvalue weighted by Crippen LogP contribution is -2.45. The van der Waals surface area contributed by atoms with E-state index in [4.69, 9.17) is 0 Å². The van der Waals surface area contributed by atoms with Gasteiger partial charge in [-0.15, -0.1) is 0 Å². The van der Waals surface area contributed by atoms with Crippen molar-refractivity contribution in [3.63, 3.8) is 0 Å². The molecule has 0 aliphatic heterocycles. The van der Waals surface area contributed by atoms with Crippen LogP contribution < -0.4 is 10.6 Å². The highest BCUT2D eigenvalue weighted by atomic mass is 16.3. The summed E-state index contributed by atoms with van der Waals surface area (Å²) in [6, 6.07) is 11.0. The van der Waals surface area contributed by atoms with E-state index >= 15 is 0 Å². The zero-order valence-corrected chi connectivity index (χ0v) is 13.6. The SMILES string of the molecule is CCNC(=NCCCc1ccccc1)NC1CCC(O)CC1. The number of rotatable bonds is 6. The molecule has 1 aliphatic rings. The molecule has 0 radical (unpaired) electrons. The normalized spacial score (nSPS) is 22.4. The first-order chi connectivity index (χ1) is 10.8. The van der Waals surface area contributed by atoms with Crippen LogP contribution in [0.2, 0.25) is 0 Å². The van der Waals surface area contributed by atoms with Gasteiger partial charge in [0.25, 0.3) is 0 Å². The van der Waals surface area contributed by atoms with Crippen molar-refractivity contribution in [1.82, 2.24) is 10.6 Å². The molecule has 2 rings (SSSR count). The van der Waals surface area contributed by atoms with Gasteiger partial charge in [-0.1, -0.05) is 30.3 Å². The van der Waals surface area contributed by atoms with Crippen molar-refractivity contribution in [1.29, 1.82) is 0 Å². The summed E-state index contributed by atoms with van der Waals surface area (Å²) in [5, 5.41) is 16.4. The Morgan fingerprint density at radius 2 is 1.91 bits per heavy atom. The minimum atomic E-state index is -0.108. The first-order valence-electron chi connectivity index (χ1n) is 8.54. The van der Waals surface area contributed by atoms with E-state index in [9.17, 15) is 5.11 Å². The van der Waals surface area contributed by atoms with E-state index in [1.54, 1.807) is 0 Å². The maximum atomic E-state index is 9.57. The van der Waals surface area contributed by atoms with Crippen molar-refractivity contribution >= 4 is 5.96 Å². The number of hydrogen-bond acceptors (Lipinski definition) is 2. The van der Waals surface area contributed by atoms with Gasteiger partial charge in [0.05, 0.1) is 6.10 Å². The Bertz CT molecular complexity index is 439. The molecule has 1 aromatic rings. The van der Waals surface area contributed by atoms with Crippen LogP contribution >= 0.6 is 0 Å². The van der Waals surface area contributed by atoms with E-state index in [2.05, 4.69) is 52.9 Å². The lowest BCUT2D eigenvalue weighted by Gasteiger charge is -2.27. The van der Waals surface area contributed by atoms with E-state index < -0.39 is 0 Å². The standard InChI is InChI=1S/C18H29N3O/c1-2-19-18(21-16-10-12-17(22)13-11-16)20-14-6-9-15-7-4-3-5-8-15/h3-5,7-8,16-17,22H,2,6,9-14H2,1H3,(H2,19,20,21). The van der Waals surface area contributed by atoms with E-state index in [1.807, 2.05) is 0 Å². The van der Waals surface area contributed by atoms with E-state index in [0.29, 0.717) is 6.04 Å². The van der Waals surface area contributed by atoms with Crippen LogP contribution in [0.3, 0.4) is 0 Å². The van der Waals surface area contributed by atoms with Crippen molar-refractivity contribution in [2.45, 2.75) is 57.6 Å². The Morgan fingerprint density at radius 3 is 2.59 bits per heavy atom. The number of aliphatic hydroxyl groups is 1. The molecule has 3 N–H and O–H groups in total. The number of aliphatic hydroxyl groups excluding tert-OH is 1. The summed E-state index contributed by atoms with van der Waals surface area (Å²) < 4.78 is 0. The second-order valence-electron chi connectivity index (χ2n) is 6.00. The first kappa shape index (κ1) is 16.8. The Labute approximate surface area is 134 Å². The number of aryl methyl sites for hydroxylation is 1. The highest BCUT2D eigenvalue weighted by molar-refractivity contribution is 5.80. The number of nitrogens with zero attached hydrogens (tertiary/aromatic N) is 1. The molecule has 1 saturated carbocycles. The van der Waals surface area contributed by atoms with Crippen LogP contribution in [0, 0.1) is 0 Å². The number of hydrogen-bond donors (Lipinski definition) is 3. The van der Waals surface area contributed by atoms with Crippen molar-refractivity contribution in [2.24, 2.45) is 4.99 Å². The Balaban J connectivity index is 1.74. The summed E-state index contributed by atoms with van der Waals surface area (Å²) in [5.74, 6) is 0.914. The molecule has 0 heterocycles. The van der Waals surface area contributed by atoms with Crippen LogP contribution in [0.25, 0.3) is 0 Å². The van der Waals surface area contributed by atoms with Gasteiger partial charge in [0.15, 0.2) is 5.96 Å². The number of benzene rings is 1. The average molecular weight is 303 g/mol. The Morgan fingerprint density at radius 1 is 1.18 bits per heavy atom. The molecule has 0 atom stereocenters. The van der Waals surface area contributed by atoms with Gasteiger partial charge in [0.1, 0.15) is 0 Å². The fraction of sp³-hybridized carbons (Fsp3) is 0.611. The lowest BCUT2D eigenvalue weighted by atomic mass is 9.93. The fourth-order valence-electron chi connectivity index (χ4n) is 2.85. The summed E-state index contributed by atoms with van der Waals surface area (Å²) >= 11 is 0. The fourth-order valence-corrected chi connectivity index (χ4v) is 2.85. The molecule has 1 fully saturated rings. The van der Waals surface area contributed by atoms with Gasteiger partial charge in [-0.3, -0.25) is 4.99 Å². The molecule has 4 heteroatoms. The monoisotopic (exact) mass is 303 g/mol. The van der Waals surface area contributed by atoms with Crippen LogP contribution in [-0.2, 0) is 6.42 Å². The molecular weight excluding hydrogens is 274 g/mol. The Hall–Kier alpha value is -1.55. The summed E-state index contributed by atoms with van der Waals surface area (Å²) in [6.07, 6.45) is 5.86. The molecule has 0 spiro atoms. The molecule has 22 heavy (non-hydrogen) atoms. The molecule has 0 bridgehead atoms. The maximum Gasteiger partial charge on any atom is 0.191 e. The summed E-state index contributed by atoms with van der Waals surface area (Å²) in [5.41, 5.74) is 1.37. The van der Waals surface area contributed by atoms with E-state index in [1.165, 1.54) is 5.56 Å². The highest BCUT2D eigenvalue weighted by Crippen LogP contribution is 2.18. The smallest absolute Gasteiger partial charge is 0.191 e. The predicted molar refractivity (Wildman–Crippen MR) is 92.1 cm³/mol. The molecule has 0 aromatic heterocycles. The second kappa shape index (κ2) is 9.46. The van der Waals surface area contributed by atoms with Crippen LogP contribution in [0.15, 0.2) is 35.3 Å². The topological polar surface area (TPSA) is 56.7 Å². The van der Waals surface area contributed by atoms with Gasteiger partial charge in [0.2, 0.25) is 0 Å². The van der Waals surface area contributed by atoms with Gasteiger partial charge in [0, 0.05) is 19.1 Å². The zero-order valence-electron chi connectivity index (χ0n) is 13.6. The van der Waals surface area contributed by atoms with Crippen LogP contribution in [0.1, 0.15) is 44.6 Å². The third-order valence-electron chi connectivity index (χ3n) is 4.12. The average Bonchev–Trinajstić information content (AvgIpc) is 2.55. The van der Waals surface area contributed by atoms with Gasteiger partial charge >= 0.3 is 0 Å². The summed E-state index contributed by atoms with van der Waals surface area (Å²) in [6.45, 7) is 3.80. The van der Waals surface area contributed by atoms with Crippen LogP contribution in [-0.4, -0.2) is 36.3 Å². The van der Waals surface area contributed by atoms with Crippen LogP contribution in [0.5, 0.6) is 0 Å². The maximum absolute atomic E-state index is 9.57. The summed E-state index contributed by atoms with van der Waals surface area (Å²) in [7, 11) is 0. The Kier molecular flexibility index (Phi) is 7.23. The minimum absolute atomic E-state index is 0.108. The largest absolute Gasteiger partial charge is 0.393 e. The first-order valence-corrected chi connectivity index (χ1v) is 8.54. The van der Waals surface area contributed by atoms with Crippen LogP contribution in [0.4, 0.5) is 0 Å². The predicted octanol–water partition coefficient (Wildman–Crippen LogP) is 2.48. The summed E-state index contributed by atoms with van der Waals surface area (Å²) in [4.78, 5) is 4.67. The van der Waals surface area contributed by atoms with E-state index in [0.717, 1.165) is 57.6 Å². The van der Waals surface area contributed by atoms with Crippen molar-refractivity contribution in [2.75, 3.05) is 13.1 Å². The molecule has 1 aliphatic carbocycles. The molecule has 0 unspecified atom stereocenters.